The predicted octanol–water partition coefficient (Wildman–Crippen LogP) is 1.12. The van der Waals surface area contributed by atoms with Crippen LogP contribution in [0.4, 0.5) is 5.69 Å². The van der Waals surface area contributed by atoms with Crippen LogP contribution < -0.4 is 29.6 Å². The van der Waals surface area contributed by atoms with E-state index < -0.39 is 10.1 Å². The normalized spacial score (nSPS) is 11.0. The Balaban J connectivity index is 0.00000208. The third-order valence-electron chi connectivity index (χ3n) is 3.55. The van der Waals surface area contributed by atoms with E-state index in [9.17, 15) is 18.1 Å². The summed E-state index contributed by atoms with van der Waals surface area (Å²) in [5.41, 5.74) is 9.73. The minimum Gasteiger partial charge on any atom is -0.706 e. The van der Waals surface area contributed by atoms with Gasteiger partial charge in [-0.3, -0.25) is 4.55 Å². The van der Waals surface area contributed by atoms with Gasteiger partial charge in [-0.25, -0.2) is 0 Å². The molecule has 0 unspecified atom stereocenters. The Labute approximate surface area is 160 Å². The summed E-state index contributed by atoms with van der Waals surface area (Å²) >= 11 is 0. The number of benzene rings is 3. The van der Waals surface area contributed by atoms with E-state index in [2.05, 4.69) is 5.11 Å². The van der Waals surface area contributed by atoms with Gasteiger partial charge in [-0.15, -0.1) is 0 Å². The first-order valence-corrected chi connectivity index (χ1v) is 8.04. The quantitative estimate of drug-likeness (QED) is 0.419. The largest absolute Gasteiger partial charge is 1.00 e. The molecular formula is C16H11N2NaO4S. The molecule has 0 heterocycles. The van der Waals surface area contributed by atoms with Crippen LogP contribution in [-0.2, 0) is 10.1 Å². The summed E-state index contributed by atoms with van der Waals surface area (Å²) in [6.45, 7) is 0. The molecule has 0 aliphatic heterocycles. The number of fused-ring (bicyclic) bond motifs is 1. The van der Waals surface area contributed by atoms with Crippen molar-refractivity contribution in [1.29, 1.82) is 0 Å². The molecule has 0 amide bonds. The van der Waals surface area contributed by atoms with E-state index in [1.807, 2.05) is 0 Å². The van der Waals surface area contributed by atoms with Gasteiger partial charge in [0.25, 0.3) is 10.1 Å². The molecule has 0 aliphatic carbocycles. The van der Waals surface area contributed by atoms with Gasteiger partial charge in [-0.1, -0.05) is 42.5 Å². The Bertz CT molecular complexity index is 1040. The molecule has 0 bridgehead atoms. The smallest absolute Gasteiger partial charge is 0.706 e. The monoisotopic (exact) mass is 350 g/mol. The second-order valence-corrected chi connectivity index (χ2v) is 6.30. The van der Waals surface area contributed by atoms with Crippen LogP contribution in [0.25, 0.3) is 27.4 Å². The average Bonchev–Trinajstić information content (AvgIpc) is 2.53. The van der Waals surface area contributed by atoms with E-state index in [0.29, 0.717) is 16.3 Å². The molecule has 0 radical (unpaired) electrons. The zero-order valence-corrected chi connectivity index (χ0v) is 15.5. The van der Waals surface area contributed by atoms with Crippen LogP contribution in [0.1, 0.15) is 0 Å². The van der Waals surface area contributed by atoms with Crippen LogP contribution in [0.15, 0.2) is 64.6 Å². The van der Waals surface area contributed by atoms with Gasteiger partial charge in [0.15, 0.2) is 0 Å². The average molecular weight is 350 g/mol. The SMILES string of the molecule is [N-]=Nc1c(O)cc(-c2ccccc2S(=O)(=O)O)c2ccccc12.[Na+]. The van der Waals surface area contributed by atoms with E-state index in [4.69, 9.17) is 5.53 Å². The van der Waals surface area contributed by atoms with Crippen LogP contribution in [-0.4, -0.2) is 18.1 Å². The van der Waals surface area contributed by atoms with Gasteiger partial charge < -0.3 is 15.8 Å². The molecule has 6 nitrogen and oxygen atoms in total. The molecule has 3 aromatic carbocycles. The fraction of sp³-hybridized carbons (Fsp3) is 0. The summed E-state index contributed by atoms with van der Waals surface area (Å²) in [6, 6.07) is 14.0. The molecule has 24 heavy (non-hydrogen) atoms. The molecule has 3 rings (SSSR count). The van der Waals surface area contributed by atoms with Crippen molar-refractivity contribution in [3.8, 4) is 16.9 Å². The van der Waals surface area contributed by atoms with Crippen molar-refractivity contribution in [2.75, 3.05) is 0 Å². The third kappa shape index (κ3) is 3.22. The van der Waals surface area contributed by atoms with Crippen LogP contribution in [0.3, 0.4) is 0 Å². The molecule has 0 atom stereocenters. The van der Waals surface area contributed by atoms with E-state index in [1.54, 1.807) is 30.3 Å². The number of aromatic hydroxyl groups is 1. The minimum atomic E-state index is -4.43. The standard InChI is InChI=1S/C16H11N2O4S.Na/c17-18-16-12-7-2-1-5-10(12)13(9-14(16)19)11-6-3-4-8-15(11)23(20,21)22;/h1-9,19H,(H,20,21,22);/q-1;+1. The van der Waals surface area contributed by atoms with Crippen molar-refractivity contribution in [2.24, 2.45) is 5.11 Å². The van der Waals surface area contributed by atoms with Gasteiger partial charge in [-0.05, 0) is 23.1 Å². The molecule has 0 aliphatic rings. The van der Waals surface area contributed by atoms with Crippen molar-refractivity contribution < 1.29 is 47.6 Å². The maximum Gasteiger partial charge on any atom is 1.00 e. The number of phenolic OH excluding ortho intramolecular Hbond substituents is 1. The van der Waals surface area contributed by atoms with E-state index in [0.717, 1.165) is 0 Å². The zero-order valence-electron chi connectivity index (χ0n) is 12.7. The molecule has 0 saturated carbocycles. The molecule has 0 saturated heterocycles. The van der Waals surface area contributed by atoms with E-state index >= 15 is 0 Å². The summed E-state index contributed by atoms with van der Waals surface area (Å²) < 4.78 is 32.6. The Morgan fingerprint density at radius 3 is 2.12 bits per heavy atom. The first-order valence-electron chi connectivity index (χ1n) is 6.60. The summed E-state index contributed by atoms with van der Waals surface area (Å²) in [6.07, 6.45) is 0. The van der Waals surface area contributed by atoms with Crippen LogP contribution in [0.5, 0.6) is 5.75 Å². The van der Waals surface area contributed by atoms with Crippen LogP contribution in [0, 0.1) is 0 Å². The molecule has 116 valence electrons. The zero-order chi connectivity index (χ0) is 16.6. The van der Waals surface area contributed by atoms with Crippen LogP contribution >= 0.6 is 0 Å². The molecule has 2 N–H and O–H groups in total. The Morgan fingerprint density at radius 2 is 1.50 bits per heavy atom. The van der Waals surface area contributed by atoms with Gasteiger partial charge >= 0.3 is 29.6 Å². The molecular weight excluding hydrogens is 339 g/mol. The van der Waals surface area contributed by atoms with Gasteiger partial charge in [0.05, 0.1) is 5.69 Å². The second-order valence-electron chi connectivity index (χ2n) is 4.91. The van der Waals surface area contributed by atoms with Gasteiger partial charge in [0.2, 0.25) is 0 Å². The molecule has 0 fully saturated rings. The topological polar surface area (TPSA) is 109 Å². The molecule has 0 aromatic heterocycles. The number of nitrogens with zero attached hydrogens (tertiary/aromatic N) is 2. The van der Waals surface area contributed by atoms with Crippen molar-refractivity contribution in [1.82, 2.24) is 0 Å². The Kier molecular flexibility index (Phi) is 5.42. The first-order chi connectivity index (χ1) is 10.9. The fourth-order valence-electron chi connectivity index (χ4n) is 2.59. The predicted molar refractivity (Wildman–Crippen MR) is 86.3 cm³/mol. The maximum atomic E-state index is 11.6. The summed E-state index contributed by atoms with van der Waals surface area (Å²) in [5, 5.41) is 14.2. The summed E-state index contributed by atoms with van der Waals surface area (Å²) in [4.78, 5) is -0.266. The van der Waals surface area contributed by atoms with Crippen molar-refractivity contribution in [2.45, 2.75) is 4.90 Å². The Morgan fingerprint density at radius 1 is 0.917 bits per heavy atom. The van der Waals surface area contributed by atoms with Crippen LogP contribution in [0.2, 0.25) is 0 Å². The molecule has 0 spiro atoms. The first kappa shape index (κ1) is 18.6. The minimum absolute atomic E-state index is 0. The van der Waals surface area contributed by atoms with Crippen molar-refractivity contribution in [3.05, 3.63) is 60.1 Å². The van der Waals surface area contributed by atoms with Gasteiger partial charge in [0, 0.05) is 10.9 Å². The van der Waals surface area contributed by atoms with Crippen molar-refractivity contribution >= 4 is 26.6 Å². The number of phenols is 1. The number of hydrogen-bond donors (Lipinski definition) is 2. The van der Waals surface area contributed by atoms with E-state index in [-0.39, 0.29) is 51.5 Å². The third-order valence-corrected chi connectivity index (χ3v) is 4.46. The van der Waals surface area contributed by atoms with E-state index in [1.165, 1.54) is 24.3 Å². The Hall–Kier alpha value is -1.77. The molecule has 8 heteroatoms. The summed E-state index contributed by atoms with van der Waals surface area (Å²) in [7, 11) is -4.43. The number of rotatable bonds is 3. The summed E-state index contributed by atoms with van der Waals surface area (Å²) in [5.74, 6) is -0.300. The van der Waals surface area contributed by atoms with Crippen molar-refractivity contribution in [3.63, 3.8) is 0 Å². The number of hydrogen-bond acceptors (Lipinski definition) is 4. The second kappa shape index (κ2) is 7.00. The fourth-order valence-corrected chi connectivity index (χ4v) is 3.29. The van der Waals surface area contributed by atoms with Gasteiger partial charge in [0.1, 0.15) is 10.6 Å². The molecule has 3 aromatic rings. The maximum absolute atomic E-state index is 11.6. The van der Waals surface area contributed by atoms with Gasteiger partial charge in [-0.2, -0.15) is 8.42 Å².